The van der Waals surface area contributed by atoms with Crippen molar-refractivity contribution in [1.29, 1.82) is 0 Å². The third-order valence-electron chi connectivity index (χ3n) is 3.21. The molecule has 0 spiro atoms. The highest BCUT2D eigenvalue weighted by Crippen LogP contribution is 2.34. The Morgan fingerprint density at radius 1 is 1.00 bits per heavy atom. The summed E-state index contributed by atoms with van der Waals surface area (Å²) in [5.41, 5.74) is 0.719. The van der Waals surface area contributed by atoms with E-state index in [1.165, 1.54) is 4.57 Å². The predicted octanol–water partition coefficient (Wildman–Crippen LogP) is 4.23. The van der Waals surface area contributed by atoms with Crippen molar-refractivity contribution in [3.63, 3.8) is 0 Å². The molecule has 2 heterocycles. The van der Waals surface area contributed by atoms with Crippen LogP contribution in [0, 0.1) is 23.5 Å². The summed E-state index contributed by atoms with van der Waals surface area (Å²) in [4.78, 5) is 1.66. The molecule has 0 radical (unpaired) electrons. The molecule has 0 unspecified atom stereocenters. The standard InChI is InChI=1S/C16H10F4N4S/c1-2-8-24-15(9-6-4-3-5-7-9)22-23-16(24)25-12-10(17)13(19)21-14(20)11(12)18/h2-7H,1,8H2. The molecule has 0 saturated heterocycles. The van der Waals surface area contributed by atoms with Crippen LogP contribution in [0.25, 0.3) is 11.4 Å². The smallest absolute Gasteiger partial charge is 0.252 e. The van der Waals surface area contributed by atoms with E-state index < -0.39 is 28.4 Å². The van der Waals surface area contributed by atoms with Gasteiger partial charge >= 0.3 is 0 Å². The number of halogens is 4. The minimum absolute atomic E-state index is 0.0570. The summed E-state index contributed by atoms with van der Waals surface area (Å²) in [5, 5.41) is 7.94. The van der Waals surface area contributed by atoms with Crippen molar-refractivity contribution in [1.82, 2.24) is 19.7 Å². The van der Waals surface area contributed by atoms with Crippen LogP contribution in [0.1, 0.15) is 0 Å². The van der Waals surface area contributed by atoms with Crippen molar-refractivity contribution in [3.05, 3.63) is 66.5 Å². The molecule has 0 atom stereocenters. The Labute approximate surface area is 144 Å². The molecule has 4 nitrogen and oxygen atoms in total. The van der Waals surface area contributed by atoms with E-state index in [-0.39, 0.29) is 11.7 Å². The first-order valence-electron chi connectivity index (χ1n) is 7.00. The summed E-state index contributed by atoms with van der Waals surface area (Å²) in [6, 6.07) is 8.97. The topological polar surface area (TPSA) is 43.6 Å². The zero-order chi connectivity index (χ0) is 18.0. The summed E-state index contributed by atoms with van der Waals surface area (Å²) in [6.07, 6.45) is 1.54. The normalized spacial score (nSPS) is 10.9. The monoisotopic (exact) mass is 366 g/mol. The van der Waals surface area contributed by atoms with Crippen LogP contribution in [0.5, 0.6) is 0 Å². The van der Waals surface area contributed by atoms with Gasteiger partial charge in [0.1, 0.15) is 0 Å². The van der Waals surface area contributed by atoms with Gasteiger partial charge in [-0.05, 0) is 11.8 Å². The molecule has 0 bridgehead atoms. The van der Waals surface area contributed by atoms with E-state index >= 15 is 0 Å². The summed E-state index contributed by atoms with van der Waals surface area (Å²) in [7, 11) is 0. The zero-order valence-electron chi connectivity index (χ0n) is 12.6. The number of aromatic nitrogens is 4. The highest BCUT2D eigenvalue weighted by molar-refractivity contribution is 7.99. The fourth-order valence-corrected chi connectivity index (χ4v) is 2.99. The molecule has 0 fully saturated rings. The lowest BCUT2D eigenvalue weighted by Crippen LogP contribution is -2.04. The average molecular weight is 366 g/mol. The van der Waals surface area contributed by atoms with Crippen LogP contribution < -0.4 is 0 Å². The highest BCUT2D eigenvalue weighted by atomic mass is 32.2. The molecule has 0 aliphatic heterocycles. The van der Waals surface area contributed by atoms with Gasteiger partial charge < -0.3 is 0 Å². The van der Waals surface area contributed by atoms with Gasteiger partial charge in [0.15, 0.2) is 22.6 Å². The van der Waals surface area contributed by atoms with Crippen molar-refractivity contribution < 1.29 is 17.6 Å². The van der Waals surface area contributed by atoms with Crippen molar-refractivity contribution >= 4 is 11.8 Å². The van der Waals surface area contributed by atoms with E-state index in [2.05, 4.69) is 21.8 Å². The van der Waals surface area contributed by atoms with Crippen LogP contribution in [-0.2, 0) is 6.54 Å². The molecular weight excluding hydrogens is 356 g/mol. The molecular formula is C16H10F4N4S. The Hall–Kier alpha value is -2.68. The summed E-state index contributed by atoms with van der Waals surface area (Å²) in [5.74, 6) is -6.19. The second kappa shape index (κ2) is 7.06. The first kappa shape index (κ1) is 17.2. The maximum Gasteiger partial charge on any atom is 0.252 e. The Kier molecular flexibility index (Phi) is 4.84. The number of rotatable bonds is 5. The Morgan fingerprint density at radius 2 is 1.64 bits per heavy atom. The Bertz CT molecular complexity index is 901. The van der Waals surface area contributed by atoms with Crippen LogP contribution >= 0.6 is 11.8 Å². The van der Waals surface area contributed by atoms with Gasteiger partial charge in [0.05, 0.1) is 4.90 Å². The maximum atomic E-state index is 13.8. The molecule has 128 valence electrons. The lowest BCUT2D eigenvalue weighted by molar-refractivity contribution is 0.383. The van der Waals surface area contributed by atoms with Crippen LogP contribution in [-0.4, -0.2) is 19.7 Å². The molecule has 0 aliphatic carbocycles. The minimum atomic E-state index is -1.72. The lowest BCUT2D eigenvalue weighted by Gasteiger charge is -2.09. The van der Waals surface area contributed by atoms with Gasteiger partial charge in [-0.3, -0.25) is 4.57 Å². The molecule has 3 aromatic rings. The highest BCUT2D eigenvalue weighted by Gasteiger charge is 2.24. The maximum absolute atomic E-state index is 13.8. The number of nitrogens with zero attached hydrogens (tertiary/aromatic N) is 4. The molecule has 1 aromatic carbocycles. The van der Waals surface area contributed by atoms with Gasteiger partial charge in [-0.15, -0.1) is 16.8 Å². The average Bonchev–Trinajstić information content (AvgIpc) is 3.01. The van der Waals surface area contributed by atoms with E-state index in [4.69, 9.17) is 0 Å². The molecule has 25 heavy (non-hydrogen) atoms. The summed E-state index contributed by atoms with van der Waals surface area (Å²) in [6.45, 7) is 3.85. The van der Waals surface area contributed by atoms with E-state index in [1.54, 1.807) is 30.3 Å². The zero-order valence-corrected chi connectivity index (χ0v) is 13.4. The Morgan fingerprint density at radius 3 is 2.24 bits per heavy atom. The van der Waals surface area contributed by atoms with Crippen molar-refractivity contribution in [3.8, 4) is 11.4 Å². The number of pyridine rings is 1. The van der Waals surface area contributed by atoms with Crippen molar-refractivity contribution in [2.75, 3.05) is 0 Å². The summed E-state index contributed by atoms with van der Waals surface area (Å²) >= 11 is 0.423. The molecule has 0 aliphatic rings. The van der Waals surface area contributed by atoms with E-state index in [9.17, 15) is 17.6 Å². The number of benzene rings is 1. The number of allylic oxidation sites excluding steroid dienone is 1. The van der Waals surface area contributed by atoms with Crippen LogP contribution in [0.4, 0.5) is 17.6 Å². The molecule has 3 rings (SSSR count). The Balaban J connectivity index is 2.08. The van der Waals surface area contributed by atoms with Gasteiger partial charge in [-0.25, -0.2) is 8.78 Å². The summed E-state index contributed by atoms with van der Waals surface area (Å²) < 4.78 is 55.7. The molecule has 2 aromatic heterocycles. The number of hydrogen-bond donors (Lipinski definition) is 0. The first-order valence-corrected chi connectivity index (χ1v) is 7.82. The lowest BCUT2D eigenvalue weighted by atomic mass is 10.2. The SMILES string of the molecule is C=CCn1c(Sc2c(F)c(F)nc(F)c2F)nnc1-c1ccccc1. The van der Waals surface area contributed by atoms with E-state index in [0.29, 0.717) is 17.6 Å². The molecule has 0 amide bonds. The predicted molar refractivity (Wildman–Crippen MR) is 83.8 cm³/mol. The molecule has 9 heteroatoms. The van der Waals surface area contributed by atoms with E-state index in [0.717, 1.165) is 5.56 Å². The molecule has 0 saturated carbocycles. The van der Waals surface area contributed by atoms with Crippen molar-refractivity contribution in [2.45, 2.75) is 16.6 Å². The van der Waals surface area contributed by atoms with Gasteiger partial charge in [-0.2, -0.15) is 13.8 Å². The third kappa shape index (κ3) is 3.27. The number of hydrogen-bond acceptors (Lipinski definition) is 4. The van der Waals surface area contributed by atoms with Crippen molar-refractivity contribution in [2.24, 2.45) is 0 Å². The fraction of sp³-hybridized carbons (Fsp3) is 0.0625. The van der Waals surface area contributed by atoms with Gasteiger partial charge in [0.2, 0.25) is 0 Å². The quantitative estimate of drug-likeness (QED) is 0.385. The van der Waals surface area contributed by atoms with Crippen LogP contribution in [0.3, 0.4) is 0 Å². The van der Waals surface area contributed by atoms with E-state index in [1.807, 2.05) is 6.07 Å². The minimum Gasteiger partial charge on any atom is -0.298 e. The molecule has 0 N–H and O–H groups in total. The van der Waals surface area contributed by atoms with Crippen LogP contribution in [0.15, 0.2) is 53.0 Å². The fourth-order valence-electron chi connectivity index (χ4n) is 2.11. The second-order valence-corrected chi connectivity index (χ2v) is 5.80. The van der Waals surface area contributed by atoms with Gasteiger partial charge in [-0.1, -0.05) is 36.4 Å². The largest absolute Gasteiger partial charge is 0.298 e. The van der Waals surface area contributed by atoms with Gasteiger partial charge in [0, 0.05) is 12.1 Å². The van der Waals surface area contributed by atoms with Gasteiger partial charge in [0.25, 0.3) is 11.9 Å². The third-order valence-corrected chi connectivity index (χ3v) is 4.26. The second-order valence-electron chi connectivity index (χ2n) is 4.82. The van der Waals surface area contributed by atoms with Crippen LogP contribution in [0.2, 0.25) is 0 Å². The first-order chi connectivity index (χ1) is 12.0.